The summed E-state index contributed by atoms with van der Waals surface area (Å²) in [4.78, 5) is 12.6. The van der Waals surface area contributed by atoms with Crippen molar-refractivity contribution in [3.05, 3.63) is 59.2 Å². The van der Waals surface area contributed by atoms with E-state index in [1.54, 1.807) is 13.8 Å². The Morgan fingerprint density at radius 2 is 1.68 bits per heavy atom. The van der Waals surface area contributed by atoms with Crippen LogP contribution in [0.5, 0.6) is 5.75 Å². The molecule has 170 valence electrons. The van der Waals surface area contributed by atoms with Crippen molar-refractivity contribution in [1.82, 2.24) is 9.62 Å². The number of hydrogen-bond donors (Lipinski definition) is 1. The van der Waals surface area contributed by atoms with E-state index in [0.717, 1.165) is 12.1 Å². The molecule has 0 fully saturated rings. The maximum Gasteiger partial charge on any atom is 0.416 e. The minimum atomic E-state index is -4.40. The minimum Gasteiger partial charge on any atom is -0.496 e. The van der Waals surface area contributed by atoms with E-state index in [1.165, 1.54) is 41.7 Å². The Morgan fingerprint density at radius 3 is 2.19 bits per heavy atom. The van der Waals surface area contributed by atoms with E-state index in [1.807, 2.05) is 0 Å². The fraction of sp³-hybridized carbons (Fsp3) is 0.381. The minimum absolute atomic E-state index is 0.0233. The molecule has 0 saturated carbocycles. The standard InChI is InChI=1S/C21H25F3N2O4S/c1-4-26(5-2)31(28,29)17-10-11-19(30-3)18(14-17)20(27)25-13-12-15-6-8-16(9-7-15)21(22,23)24/h6-11,14H,4-5,12-13H2,1-3H3,(H,25,27). The summed E-state index contributed by atoms with van der Waals surface area (Å²) < 4.78 is 69.8. The SMILES string of the molecule is CCN(CC)S(=O)(=O)c1ccc(OC)c(C(=O)NCCc2ccc(C(F)(F)F)cc2)c1. The first-order valence-electron chi connectivity index (χ1n) is 9.67. The maximum absolute atomic E-state index is 12.7. The van der Waals surface area contributed by atoms with Gasteiger partial charge in [-0.25, -0.2) is 8.42 Å². The van der Waals surface area contributed by atoms with E-state index in [0.29, 0.717) is 25.1 Å². The number of alkyl halides is 3. The summed E-state index contributed by atoms with van der Waals surface area (Å²) in [5, 5.41) is 2.65. The summed E-state index contributed by atoms with van der Waals surface area (Å²) in [5.74, 6) is -0.328. The predicted molar refractivity (Wildman–Crippen MR) is 111 cm³/mol. The highest BCUT2D eigenvalue weighted by Crippen LogP contribution is 2.29. The molecule has 0 radical (unpaired) electrons. The van der Waals surface area contributed by atoms with Crippen molar-refractivity contribution >= 4 is 15.9 Å². The lowest BCUT2D eigenvalue weighted by Gasteiger charge is -2.19. The van der Waals surface area contributed by atoms with Crippen LogP contribution in [0.4, 0.5) is 13.2 Å². The Balaban J connectivity index is 2.13. The molecule has 0 unspecified atom stereocenters. The van der Waals surface area contributed by atoms with Crippen molar-refractivity contribution in [2.75, 3.05) is 26.7 Å². The molecule has 2 aromatic carbocycles. The molecule has 1 N–H and O–H groups in total. The number of halogens is 3. The first-order valence-corrected chi connectivity index (χ1v) is 11.1. The summed E-state index contributed by atoms with van der Waals surface area (Å²) in [6, 6.07) is 8.75. The van der Waals surface area contributed by atoms with Gasteiger partial charge in [-0.1, -0.05) is 26.0 Å². The van der Waals surface area contributed by atoms with Gasteiger partial charge in [0, 0.05) is 19.6 Å². The van der Waals surface area contributed by atoms with Gasteiger partial charge in [-0.05, 0) is 42.3 Å². The van der Waals surface area contributed by atoms with Crippen LogP contribution in [0.15, 0.2) is 47.4 Å². The second-order valence-electron chi connectivity index (χ2n) is 6.65. The molecule has 2 aromatic rings. The molecule has 6 nitrogen and oxygen atoms in total. The molecule has 0 aliphatic carbocycles. The number of hydrogen-bond acceptors (Lipinski definition) is 4. The van der Waals surface area contributed by atoms with Crippen molar-refractivity contribution in [3.63, 3.8) is 0 Å². The lowest BCUT2D eigenvalue weighted by molar-refractivity contribution is -0.137. The predicted octanol–water partition coefficient (Wildman–Crippen LogP) is 3.72. The molecule has 2 rings (SSSR count). The maximum atomic E-state index is 12.7. The average molecular weight is 459 g/mol. The largest absolute Gasteiger partial charge is 0.496 e. The Bertz CT molecular complexity index is 1000. The van der Waals surface area contributed by atoms with Gasteiger partial charge in [-0.3, -0.25) is 4.79 Å². The van der Waals surface area contributed by atoms with Crippen LogP contribution >= 0.6 is 0 Å². The summed E-state index contributed by atoms with van der Waals surface area (Å²) in [5.41, 5.74) is -0.0578. The number of carbonyl (C=O) groups is 1. The van der Waals surface area contributed by atoms with Gasteiger partial charge >= 0.3 is 6.18 Å². The second kappa shape index (κ2) is 10.1. The van der Waals surface area contributed by atoms with Crippen LogP contribution in [0.25, 0.3) is 0 Å². The van der Waals surface area contributed by atoms with E-state index >= 15 is 0 Å². The molecule has 10 heteroatoms. The number of methoxy groups -OCH3 is 1. The van der Waals surface area contributed by atoms with Crippen LogP contribution < -0.4 is 10.1 Å². The van der Waals surface area contributed by atoms with Crippen LogP contribution in [-0.2, 0) is 22.6 Å². The monoisotopic (exact) mass is 458 g/mol. The lowest BCUT2D eigenvalue weighted by Crippen LogP contribution is -2.31. The zero-order valence-electron chi connectivity index (χ0n) is 17.5. The van der Waals surface area contributed by atoms with Gasteiger partial charge in [0.15, 0.2) is 0 Å². The quantitative estimate of drug-likeness (QED) is 0.622. The molecule has 0 atom stereocenters. The number of nitrogens with one attached hydrogen (secondary N) is 1. The van der Waals surface area contributed by atoms with Gasteiger partial charge in [0.2, 0.25) is 10.0 Å². The fourth-order valence-corrected chi connectivity index (χ4v) is 4.50. The average Bonchev–Trinajstić information content (AvgIpc) is 2.73. The van der Waals surface area contributed by atoms with E-state index < -0.39 is 27.7 Å². The van der Waals surface area contributed by atoms with Crippen molar-refractivity contribution < 1.29 is 31.1 Å². The molecular weight excluding hydrogens is 433 g/mol. The smallest absolute Gasteiger partial charge is 0.416 e. The number of benzene rings is 2. The number of amides is 1. The molecule has 1 amide bonds. The molecule has 31 heavy (non-hydrogen) atoms. The van der Waals surface area contributed by atoms with Crippen LogP contribution in [0.3, 0.4) is 0 Å². The van der Waals surface area contributed by atoms with E-state index in [-0.39, 0.29) is 22.8 Å². The zero-order valence-corrected chi connectivity index (χ0v) is 18.3. The topological polar surface area (TPSA) is 75.7 Å². The van der Waals surface area contributed by atoms with Crippen LogP contribution in [0.2, 0.25) is 0 Å². The Kier molecular flexibility index (Phi) is 8.08. The number of carbonyl (C=O) groups excluding carboxylic acids is 1. The van der Waals surface area contributed by atoms with Crippen LogP contribution in [0, 0.1) is 0 Å². The Morgan fingerprint density at radius 1 is 1.06 bits per heavy atom. The summed E-state index contributed by atoms with van der Waals surface area (Å²) in [6.45, 7) is 4.18. The molecular formula is C21H25F3N2O4S. The van der Waals surface area contributed by atoms with E-state index in [4.69, 9.17) is 4.74 Å². The van der Waals surface area contributed by atoms with Crippen molar-refractivity contribution in [2.24, 2.45) is 0 Å². The van der Waals surface area contributed by atoms with Gasteiger partial charge in [0.25, 0.3) is 5.91 Å². The zero-order chi connectivity index (χ0) is 23.2. The van der Waals surface area contributed by atoms with Crippen molar-refractivity contribution in [1.29, 1.82) is 0 Å². The van der Waals surface area contributed by atoms with E-state index in [2.05, 4.69) is 5.32 Å². The summed E-state index contributed by atoms with van der Waals surface area (Å²) >= 11 is 0. The molecule has 0 spiro atoms. The highest BCUT2D eigenvalue weighted by Gasteiger charge is 2.30. The van der Waals surface area contributed by atoms with Gasteiger partial charge < -0.3 is 10.1 Å². The third kappa shape index (κ3) is 5.98. The molecule has 0 bridgehead atoms. The fourth-order valence-electron chi connectivity index (χ4n) is 3.01. The normalized spacial score (nSPS) is 12.1. The van der Waals surface area contributed by atoms with Gasteiger partial charge in [0.05, 0.1) is 23.1 Å². The summed E-state index contributed by atoms with van der Waals surface area (Å²) in [6.07, 6.45) is -4.09. The van der Waals surface area contributed by atoms with Gasteiger partial charge in [-0.2, -0.15) is 17.5 Å². The molecule has 0 aliphatic heterocycles. The third-order valence-electron chi connectivity index (χ3n) is 4.74. The number of ether oxygens (including phenoxy) is 1. The second-order valence-corrected chi connectivity index (χ2v) is 8.59. The first-order chi connectivity index (χ1) is 14.5. The third-order valence-corrected chi connectivity index (χ3v) is 6.79. The van der Waals surface area contributed by atoms with Crippen molar-refractivity contribution in [2.45, 2.75) is 31.3 Å². The highest BCUT2D eigenvalue weighted by atomic mass is 32.2. The Labute approximate surface area is 180 Å². The lowest BCUT2D eigenvalue weighted by atomic mass is 10.1. The first kappa shape index (κ1) is 24.7. The van der Waals surface area contributed by atoms with Gasteiger partial charge in [-0.15, -0.1) is 0 Å². The number of nitrogens with zero attached hydrogens (tertiary/aromatic N) is 1. The molecule has 0 aromatic heterocycles. The van der Waals surface area contributed by atoms with Crippen molar-refractivity contribution in [3.8, 4) is 5.75 Å². The molecule has 0 heterocycles. The van der Waals surface area contributed by atoms with Crippen LogP contribution in [-0.4, -0.2) is 45.4 Å². The molecule has 0 aliphatic rings. The number of sulfonamides is 1. The van der Waals surface area contributed by atoms with E-state index in [9.17, 15) is 26.4 Å². The Hall–Kier alpha value is -2.59. The summed E-state index contributed by atoms with van der Waals surface area (Å²) in [7, 11) is -2.39. The number of rotatable bonds is 9. The molecule has 0 saturated heterocycles. The van der Waals surface area contributed by atoms with Crippen LogP contribution in [0.1, 0.15) is 35.3 Å². The highest BCUT2D eigenvalue weighted by molar-refractivity contribution is 7.89. The van der Waals surface area contributed by atoms with Gasteiger partial charge in [0.1, 0.15) is 5.75 Å².